The van der Waals surface area contributed by atoms with Gasteiger partial charge in [0.15, 0.2) is 0 Å². The predicted molar refractivity (Wildman–Crippen MR) is 147 cm³/mol. The van der Waals surface area contributed by atoms with E-state index in [1.807, 2.05) is 50.2 Å². The first-order chi connectivity index (χ1) is 18.8. The molecular formula is C31H36FNO6. The zero-order chi connectivity index (χ0) is 28.4. The van der Waals surface area contributed by atoms with E-state index >= 15 is 0 Å². The van der Waals surface area contributed by atoms with Crippen LogP contribution in [0, 0.1) is 5.82 Å². The summed E-state index contributed by atoms with van der Waals surface area (Å²) in [6, 6.07) is 15.0. The van der Waals surface area contributed by atoms with Crippen LogP contribution in [0.1, 0.15) is 52.0 Å². The molecule has 0 aliphatic rings. The van der Waals surface area contributed by atoms with Crippen molar-refractivity contribution >= 4 is 11.9 Å². The fourth-order valence-electron chi connectivity index (χ4n) is 4.51. The molecule has 0 aliphatic heterocycles. The van der Waals surface area contributed by atoms with E-state index in [2.05, 4.69) is 5.32 Å². The Bertz CT molecular complexity index is 1270. The maximum Gasteiger partial charge on any atom is 0.328 e. The molecule has 0 aromatic heterocycles. The number of carbonyl (C=O) groups excluding carboxylic acids is 2. The van der Waals surface area contributed by atoms with Gasteiger partial charge in [-0.05, 0) is 53.8 Å². The standard InChI is InChI=1S/C31H36FNO6/c1-6-23-12-9-13-25(32)29(23)30(34)33-26(31(35)38-5)16-21-11-8-10-20(14-21)15-24-27(36-3)17-22(19-39-7-2)18-28(24)37-4/h8-14,17-18,26H,6-7,15-16,19H2,1-5H3,(H,33,34)/t26-/m0/s1. The summed E-state index contributed by atoms with van der Waals surface area (Å²) in [5.41, 5.74) is 4.09. The molecule has 3 rings (SSSR count). The van der Waals surface area contributed by atoms with Crippen molar-refractivity contribution in [2.24, 2.45) is 0 Å². The molecule has 0 fully saturated rings. The average Bonchev–Trinajstić information content (AvgIpc) is 2.95. The van der Waals surface area contributed by atoms with Crippen LogP contribution in [0.2, 0.25) is 0 Å². The molecule has 0 unspecified atom stereocenters. The second kappa shape index (κ2) is 14.3. The van der Waals surface area contributed by atoms with E-state index in [1.165, 1.54) is 13.2 Å². The second-order valence-corrected chi connectivity index (χ2v) is 8.99. The van der Waals surface area contributed by atoms with Crippen LogP contribution < -0.4 is 14.8 Å². The lowest BCUT2D eigenvalue weighted by Gasteiger charge is -2.19. The number of benzene rings is 3. The molecule has 39 heavy (non-hydrogen) atoms. The number of methoxy groups -OCH3 is 3. The molecule has 0 heterocycles. The first-order valence-corrected chi connectivity index (χ1v) is 12.9. The van der Waals surface area contributed by atoms with Crippen molar-refractivity contribution < 1.29 is 32.9 Å². The summed E-state index contributed by atoms with van der Waals surface area (Å²) >= 11 is 0. The van der Waals surface area contributed by atoms with Crippen LogP contribution in [0.5, 0.6) is 11.5 Å². The Morgan fingerprint density at radius 3 is 2.18 bits per heavy atom. The van der Waals surface area contributed by atoms with Gasteiger partial charge in [0.25, 0.3) is 5.91 Å². The summed E-state index contributed by atoms with van der Waals surface area (Å²) in [6.45, 7) is 4.83. The minimum Gasteiger partial charge on any atom is -0.496 e. The van der Waals surface area contributed by atoms with Crippen molar-refractivity contribution in [3.8, 4) is 11.5 Å². The minimum atomic E-state index is -0.996. The highest BCUT2D eigenvalue weighted by Gasteiger charge is 2.25. The Balaban J connectivity index is 1.85. The number of hydrogen-bond donors (Lipinski definition) is 1. The van der Waals surface area contributed by atoms with E-state index in [0.29, 0.717) is 43.1 Å². The Hall–Kier alpha value is -3.91. The molecule has 0 saturated carbocycles. The largest absolute Gasteiger partial charge is 0.496 e. The van der Waals surface area contributed by atoms with Crippen LogP contribution in [0.15, 0.2) is 54.6 Å². The molecule has 208 valence electrons. The Labute approximate surface area is 229 Å². The molecule has 1 atom stereocenters. The van der Waals surface area contributed by atoms with Crippen molar-refractivity contribution in [2.45, 2.75) is 45.8 Å². The molecule has 3 aromatic rings. The Morgan fingerprint density at radius 2 is 1.56 bits per heavy atom. The number of rotatable bonds is 13. The van der Waals surface area contributed by atoms with Crippen LogP contribution in [-0.4, -0.2) is 45.9 Å². The Kier molecular flexibility index (Phi) is 10.9. The molecule has 1 N–H and O–H groups in total. The van der Waals surface area contributed by atoms with Gasteiger partial charge in [0.2, 0.25) is 0 Å². The number of ether oxygens (including phenoxy) is 4. The third-order valence-corrected chi connectivity index (χ3v) is 6.45. The van der Waals surface area contributed by atoms with Crippen LogP contribution >= 0.6 is 0 Å². The first kappa shape index (κ1) is 29.6. The lowest BCUT2D eigenvalue weighted by molar-refractivity contribution is -0.142. The van der Waals surface area contributed by atoms with Gasteiger partial charge in [0, 0.05) is 25.0 Å². The highest BCUT2D eigenvalue weighted by atomic mass is 19.1. The number of carbonyl (C=O) groups is 2. The van der Waals surface area contributed by atoms with Crippen molar-refractivity contribution in [3.63, 3.8) is 0 Å². The minimum absolute atomic E-state index is 0.0605. The van der Waals surface area contributed by atoms with Crippen LogP contribution in [0.4, 0.5) is 4.39 Å². The zero-order valence-corrected chi connectivity index (χ0v) is 23.1. The molecule has 0 bridgehead atoms. The van der Waals surface area contributed by atoms with Gasteiger partial charge >= 0.3 is 5.97 Å². The van der Waals surface area contributed by atoms with E-state index in [0.717, 1.165) is 22.3 Å². The monoisotopic (exact) mass is 537 g/mol. The average molecular weight is 538 g/mol. The summed E-state index contributed by atoms with van der Waals surface area (Å²) in [5, 5.41) is 2.67. The van der Waals surface area contributed by atoms with Gasteiger partial charge in [-0.3, -0.25) is 4.79 Å². The topological polar surface area (TPSA) is 83.1 Å². The molecule has 1 amide bonds. The number of aryl methyl sites for hydroxylation is 1. The SMILES string of the molecule is CCOCc1cc(OC)c(Cc2cccc(C[C@H](NC(=O)c3c(F)cccc3CC)C(=O)OC)c2)c(OC)c1. The third-order valence-electron chi connectivity index (χ3n) is 6.45. The van der Waals surface area contributed by atoms with Crippen molar-refractivity contribution in [2.75, 3.05) is 27.9 Å². The summed E-state index contributed by atoms with van der Waals surface area (Å²) in [6.07, 6.45) is 1.16. The normalized spacial score (nSPS) is 11.5. The molecule has 0 radical (unpaired) electrons. The number of nitrogens with one attached hydrogen (secondary N) is 1. The van der Waals surface area contributed by atoms with Gasteiger partial charge in [-0.1, -0.05) is 43.3 Å². The maximum absolute atomic E-state index is 14.5. The number of esters is 1. The van der Waals surface area contributed by atoms with Crippen molar-refractivity contribution in [1.82, 2.24) is 5.32 Å². The van der Waals surface area contributed by atoms with E-state index in [-0.39, 0.29) is 12.0 Å². The quantitative estimate of drug-likeness (QED) is 0.308. The smallest absolute Gasteiger partial charge is 0.328 e. The van der Waals surface area contributed by atoms with E-state index in [1.54, 1.807) is 26.4 Å². The molecule has 8 heteroatoms. The van der Waals surface area contributed by atoms with E-state index in [4.69, 9.17) is 18.9 Å². The fourth-order valence-corrected chi connectivity index (χ4v) is 4.51. The van der Waals surface area contributed by atoms with Crippen molar-refractivity contribution in [1.29, 1.82) is 0 Å². The molecule has 0 spiro atoms. The highest BCUT2D eigenvalue weighted by Crippen LogP contribution is 2.33. The lowest BCUT2D eigenvalue weighted by Crippen LogP contribution is -2.43. The fraction of sp³-hybridized carbons (Fsp3) is 0.355. The maximum atomic E-state index is 14.5. The predicted octanol–water partition coefficient (Wildman–Crippen LogP) is 5.05. The van der Waals surface area contributed by atoms with E-state index in [9.17, 15) is 14.0 Å². The van der Waals surface area contributed by atoms with Crippen LogP contribution in [0.25, 0.3) is 0 Å². The van der Waals surface area contributed by atoms with Crippen LogP contribution in [0.3, 0.4) is 0 Å². The Morgan fingerprint density at radius 1 is 0.897 bits per heavy atom. The van der Waals surface area contributed by atoms with Crippen LogP contribution in [-0.2, 0) is 40.1 Å². The third kappa shape index (κ3) is 7.57. The first-order valence-electron chi connectivity index (χ1n) is 12.9. The van der Waals surface area contributed by atoms with Gasteiger partial charge < -0.3 is 24.3 Å². The molecule has 0 saturated heterocycles. The lowest BCUT2D eigenvalue weighted by atomic mass is 9.97. The molecule has 3 aromatic carbocycles. The highest BCUT2D eigenvalue weighted by molar-refractivity contribution is 5.98. The van der Waals surface area contributed by atoms with Gasteiger partial charge in [-0.15, -0.1) is 0 Å². The number of halogens is 1. The van der Waals surface area contributed by atoms with E-state index < -0.39 is 23.7 Å². The number of amides is 1. The number of hydrogen-bond acceptors (Lipinski definition) is 6. The van der Waals surface area contributed by atoms with Gasteiger partial charge in [-0.25, -0.2) is 9.18 Å². The summed E-state index contributed by atoms with van der Waals surface area (Å²) in [4.78, 5) is 25.6. The van der Waals surface area contributed by atoms with Crippen molar-refractivity contribution in [3.05, 3.63) is 93.8 Å². The summed E-state index contributed by atoms with van der Waals surface area (Å²) in [5.74, 6) is -0.529. The van der Waals surface area contributed by atoms with Gasteiger partial charge in [0.05, 0.1) is 33.5 Å². The zero-order valence-electron chi connectivity index (χ0n) is 23.1. The van der Waals surface area contributed by atoms with Gasteiger partial charge in [-0.2, -0.15) is 0 Å². The second-order valence-electron chi connectivity index (χ2n) is 8.99. The molecular weight excluding hydrogens is 501 g/mol. The summed E-state index contributed by atoms with van der Waals surface area (Å²) < 4.78 is 36.3. The van der Waals surface area contributed by atoms with Gasteiger partial charge in [0.1, 0.15) is 23.4 Å². The molecule has 7 nitrogen and oxygen atoms in total. The molecule has 0 aliphatic carbocycles. The summed E-state index contributed by atoms with van der Waals surface area (Å²) in [7, 11) is 4.48.